The molecule has 3 nitrogen and oxygen atoms in total. The van der Waals surface area contributed by atoms with Crippen molar-refractivity contribution in [3.8, 4) is 0 Å². The Labute approximate surface area is 165 Å². The Balaban J connectivity index is 1.55. The molecule has 1 N–H and O–H groups in total. The fourth-order valence-electron chi connectivity index (χ4n) is 3.54. The summed E-state index contributed by atoms with van der Waals surface area (Å²) in [5, 5.41) is 3.78. The molecule has 1 aliphatic rings. The van der Waals surface area contributed by atoms with Crippen molar-refractivity contribution in [1.82, 2.24) is 4.90 Å². The fraction of sp³-hybridized carbons (Fsp3) is 0.381. The van der Waals surface area contributed by atoms with Gasteiger partial charge in [0.1, 0.15) is 0 Å². The van der Waals surface area contributed by atoms with Crippen LogP contribution < -0.4 is 5.32 Å². The normalized spacial score (nSPS) is 17.8. The number of para-hydroxylation sites is 1. The zero-order valence-corrected chi connectivity index (χ0v) is 16.3. The Hall–Kier alpha value is -1.55. The highest BCUT2D eigenvalue weighted by Crippen LogP contribution is 2.30. The molecule has 1 saturated heterocycles. The van der Waals surface area contributed by atoms with E-state index in [1.165, 1.54) is 24.8 Å². The van der Waals surface area contributed by atoms with Crippen LogP contribution in [0.25, 0.3) is 0 Å². The van der Waals surface area contributed by atoms with Crippen LogP contribution >= 0.6 is 23.2 Å². The van der Waals surface area contributed by atoms with Gasteiger partial charge in [-0.05, 0) is 43.5 Å². The van der Waals surface area contributed by atoms with Gasteiger partial charge in [0, 0.05) is 19.0 Å². The lowest BCUT2D eigenvalue weighted by Gasteiger charge is -2.35. The second-order valence-electron chi connectivity index (χ2n) is 6.77. The van der Waals surface area contributed by atoms with E-state index in [4.69, 9.17) is 23.2 Å². The first-order valence-corrected chi connectivity index (χ1v) is 9.91. The number of likely N-dealkylation sites (tertiary alicyclic amines) is 1. The van der Waals surface area contributed by atoms with Crippen LogP contribution in [0.3, 0.4) is 0 Å². The minimum absolute atomic E-state index is 0.0518. The highest BCUT2D eigenvalue weighted by atomic mass is 35.5. The number of hydrogen-bond acceptors (Lipinski definition) is 2. The maximum Gasteiger partial charge on any atom is 0.225 e. The van der Waals surface area contributed by atoms with E-state index in [9.17, 15) is 4.79 Å². The lowest BCUT2D eigenvalue weighted by molar-refractivity contribution is -0.116. The van der Waals surface area contributed by atoms with Crippen molar-refractivity contribution in [2.45, 2.75) is 38.1 Å². The Morgan fingerprint density at radius 3 is 2.50 bits per heavy atom. The summed E-state index contributed by atoms with van der Waals surface area (Å²) >= 11 is 12.3. The van der Waals surface area contributed by atoms with Crippen LogP contribution in [-0.4, -0.2) is 29.9 Å². The third-order valence-electron chi connectivity index (χ3n) is 4.92. The third kappa shape index (κ3) is 5.23. The van der Waals surface area contributed by atoms with Gasteiger partial charge in [-0.3, -0.25) is 9.69 Å². The maximum absolute atomic E-state index is 12.4. The van der Waals surface area contributed by atoms with E-state index in [1.807, 2.05) is 6.07 Å². The van der Waals surface area contributed by atoms with Gasteiger partial charge in [-0.1, -0.05) is 66.0 Å². The highest BCUT2D eigenvalue weighted by Gasteiger charge is 2.23. The number of anilines is 1. The average molecular weight is 391 g/mol. The first kappa shape index (κ1) is 19.2. The molecule has 1 unspecified atom stereocenters. The summed E-state index contributed by atoms with van der Waals surface area (Å²) in [6.07, 6.45) is 5.12. The van der Waals surface area contributed by atoms with Gasteiger partial charge >= 0.3 is 0 Å². The summed E-state index contributed by atoms with van der Waals surface area (Å²) in [5.41, 5.74) is 1.86. The largest absolute Gasteiger partial charge is 0.324 e. The lowest BCUT2D eigenvalue weighted by atomic mass is 9.95. The first-order valence-electron chi connectivity index (χ1n) is 9.15. The van der Waals surface area contributed by atoms with Crippen LogP contribution in [0.2, 0.25) is 10.0 Å². The summed E-state index contributed by atoms with van der Waals surface area (Å²) in [6, 6.07) is 16.3. The Morgan fingerprint density at radius 1 is 1.04 bits per heavy atom. The predicted molar refractivity (Wildman–Crippen MR) is 109 cm³/mol. The van der Waals surface area contributed by atoms with Crippen LogP contribution in [-0.2, 0) is 11.2 Å². The monoisotopic (exact) mass is 390 g/mol. The molecule has 138 valence electrons. The van der Waals surface area contributed by atoms with Gasteiger partial charge in [-0.25, -0.2) is 0 Å². The molecule has 1 atom stereocenters. The van der Waals surface area contributed by atoms with Crippen LogP contribution in [0.15, 0.2) is 48.5 Å². The zero-order valence-electron chi connectivity index (χ0n) is 14.8. The number of rotatable bonds is 6. The summed E-state index contributed by atoms with van der Waals surface area (Å²) in [4.78, 5) is 14.8. The minimum Gasteiger partial charge on any atom is -0.324 e. The molecule has 2 aromatic carbocycles. The molecular formula is C21H24Cl2N2O. The first-order chi connectivity index (χ1) is 12.6. The van der Waals surface area contributed by atoms with Gasteiger partial charge < -0.3 is 5.32 Å². The molecule has 0 aromatic heterocycles. The molecule has 3 rings (SSSR count). The smallest absolute Gasteiger partial charge is 0.225 e. The Bertz CT molecular complexity index is 716. The number of benzene rings is 2. The number of halogens is 2. The molecule has 0 radical (unpaired) electrons. The number of nitrogens with zero attached hydrogens (tertiary/aromatic N) is 1. The predicted octanol–water partition coefficient (Wildman–Crippen LogP) is 5.42. The Kier molecular flexibility index (Phi) is 6.95. The molecule has 0 bridgehead atoms. The van der Waals surface area contributed by atoms with Crippen molar-refractivity contribution in [3.63, 3.8) is 0 Å². The van der Waals surface area contributed by atoms with Crippen LogP contribution in [0, 0.1) is 0 Å². The minimum atomic E-state index is -0.0518. The molecule has 5 heteroatoms. The molecule has 1 aliphatic heterocycles. The van der Waals surface area contributed by atoms with Crippen molar-refractivity contribution in [2.75, 3.05) is 18.4 Å². The standard InChI is InChI=1S/C21H24Cl2N2O/c22-18-10-6-11-19(23)21(18)24-20(26)12-14-25-13-5-4-9-17(25)15-16-7-2-1-3-8-16/h1-3,6-8,10-11,17H,4-5,9,12-15H2,(H,24,26). The van der Waals surface area contributed by atoms with Crippen LogP contribution in [0.1, 0.15) is 31.2 Å². The van der Waals surface area contributed by atoms with Gasteiger partial charge in [-0.15, -0.1) is 0 Å². The Morgan fingerprint density at radius 2 is 1.77 bits per heavy atom. The summed E-state index contributed by atoms with van der Waals surface area (Å²) in [5.74, 6) is -0.0518. The molecular weight excluding hydrogens is 367 g/mol. The number of carbonyl (C=O) groups excluding carboxylic acids is 1. The SMILES string of the molecule is O=C(CCN1CCCCC1Cc1ccccc1)Nc1c(Cl)cccc1Cl. The van der Waals surface area contributed by atoms with Crippen molar-refractivity contribution < 1.29 is 4.79 Å². The molecule has 26 heavy (non-hydrogen) atoms. The molecule has 2 aromatic rings. The average Bonchev–Trinajstić information content (AvgIpc) is 2.65. The van der Waals surface area contributed by atoms with Gasteiger partial charge in [0.05, 0.1) is 15.7 Å². The van der Waals surface area contributed by atoms with Crippen molar-refractivity contribution >= 4 is 34.8 Å². The van der Waals surface area contributed by atoms with E-state index in [-0.39, 0.29) is 5.91 Å². The van der Waals surface area contributed by atoms with E-state index in [2.05, 4.69) is 34.5 Å². The fourth-order valence-corrected chi connectivity index (χ4v) is 4.03. The van der Waals surface area contributed by atoms with Gasteiger partial charge in [0.25, 0.3) is 0 Å². The van der Waals surface area contributed by atoms with E-state index < -0.39 is 0 Å². The van der Waals surface area contributed by atoms with Crippen LogP contribution in [0.5, 0.6) is 0 Å². The van der Waals surface area contributed by atoms with E-state index in [0.29, 0.717) is 28.2 Å². The summed E-state index contributed by atoms with van der Waals surface area (Å²) in [7, 11) is 0. The molecule has 0 aliphatic carbocycles. The number of nitrogens with one attached hydrogen (secondary N) is 1. The summed E-state index contributed by atoms with van der Waals surface area (Å²) < 4.78 is 0. The van der Waals surface area contributed by atoms with Crippen molar-refractivity contribution in [3.05, 3.63) is 64.1 Å². The number of carbonyl (C=O) groups is 1. The number of amides is 1. The molecule has 1 fully saturated rings. The quantitative estimate of drug-likeness (QED) is 0.713. The van der Waals surface area contributed by atoms with Crippen molar-refractivity contribution in [1.29, 1.82) is 0 Å². The van der Waals surface area contributed by atoms with E-state index in [0.717, 1.165) is 19.5 Å². The maximum atomic E-state index is 12.4. The van der Waals surface area contributed by atoms with Gasteiger partial charge in [0.15, 0.2) is 0 Å². The van der Waals surface area contributed by atoms with Gasteiger partial charge in [-0.2, -0.15) is 0 Å². The van der Waals surface area contributed by atoms with Gasteiger partial charge in [0.2, 0.25) is 5.91 Å². The molecule has 1 heterocycles. The summed E-state index contributed by atoms with van der Waals surface area (Å²) in [6.45, 7) is 1.81. The second kappa shape index (κ2) is 9.40. The van der Waals surface area contributed by atoms with Crippen LogP contribution in [0.4, 0.5) is 5.69 Å². The lowest BCUT2D eigenvalue weighted by Crippen LogP contribution is -2.42. The second-order valence-corrected chi connectivity index (χ2v) is 7.58. The van der Waals surface area contributed by atoms with E-state index >= 15 is 0 Å². The highest BCUT2D eigenvalue weighted by molar-refractivity contribution is 6.39. The molecule has 1 amide bonds. The van der Waals surface area contributed by atoms with E-state index in [1.54, 1.807) is 18.2 Å². The number of piperidine rings is 1. The zero-order chi connectivity index (χ0) is 18.4. The molecule has 0 spiro atoms. The topological polar surface area (TPSA) is 32.3 Å². The third-order valence-corrected chi connectivity index (χ3v) is 5.55. The number of hydrogen-bond donors (Lipinski definition) is 1. The molecule has 0 saturated carbocycles. The van der Waals surface area contributed by atoms with Crippen molar-refractivity contribution in [2.24, 2.45) is 0 Å².